The quantitative estimate of drug-likeness (QED) is 0.756. The third-order valence-corrected chi connectivity index (χ3v) is 6.07. The molecule has 5 rings (SSSR count). The largest absolute Gasteiger partial charge is 0.472 e. The van der Waals surface area contributed by atoms with Crippen molar-refractivity contribution in [3.63, 3.8) is 0 Å². The minimum atomic E-state index is -4.43. The first-order chi connectivity index (χ1) is 14.5. The van der Waals surface area contributed by atoms with Gasteiger partial charge >= 0.3 is 6.18 Å². The Morgan fingerprint density at radius 3 is 2.63 bits per heavy atom. The maximum atomic E-state index is 13.0. The van der Waals surface area contributed by atoms with Crippen LogP contribution in [0.2, 0.25) is 0 Å². The Morgan fingerprint density at radius 1 is 1.03 bits per heavy atom. The molecule has 2 aromatic heterocycles. The van der Waals surface area contributed by atoms with Gasteiger partial charge in [0.15, 0.2) is 0 Å². The van der Waals surface area contributed by atoms with Crippen molar-refractivity contribution in [1.29, 1.82) is 0 Å². The van der Waals surface area contributed by atoms with Crippen molar-refractivity contribution in [3.05, 3.63) is 42.0 Å². The molecule has 160 valence electrons. The Kier molecular flexibility index (Phi) is 5.00. The smallest absolute Gasteiger partial charge is 0.433 e. The minimum absolute atomic E-state index is 0.00509. The molecule has 0 radical (unpaired) electrons. The van der Waals surface area contributed by atoms with Crippen LogP contribution in [0, 0.1) is 0 Å². The summed E-state index contributed by atoms with van der Waals surface area (Å²) in [4.78, 5) is 17.1. The lowest BCUT2D eigenvalue weighted by Gasteiger charge is -2.26. The first kappa shape index (κ1) is 19.5. The molecule has 2 atom stereocenters. The lowest BCUT2D eigenvalue weighted by molar-refractivity contribution is -0.141. The van der Waals surface area contributed by atoms with Crippen molar-refractivity contribution >= 4 is 5.82 Å². The molecule has 6 nitrogen and oxygen atoms in total. The van der Waals surface area contributed by atoms with E-state index < -0.39 is 11.9 Å². The fourth-order valence-corrected chi connectivity index (χ4v) is 4.41. The zero-order valence-electron chi connectivity index (χ0n) is 16.6. The molecule has 3 aliphatic rings. The fraction of sp³-hybridized carbons (Fsp3) is 0.571. The highest BCUT2D eigenvalue weighted by Gasteiger charge is 2.37. The number of hydrogen-bond donors (Lipinski definition) is 0. The van der Waals surface area contributed by atoms with E-state index in [1.54, 1.807) is 18.5 Å². The Hall–Kier alpha value is -2.42. The highest BCUT2D eigenvalue weighted by Crippen LogP contribution is 2.38. The summed E-state index contributed by atoms with van der Waals surface area (Å²) < 4.78 is 45.2. The molecule has 0 bridgehead atoms. The highest BCUT2D eigenvalue weighted by molar-refractivity contribution is 5.40. The van der Waals surface area contributed by atoms with Crippen molar-refractivity contribution < 1.29 is 17.9 Å². The molecule has 2 saturated heterocycles. The SMILES string of the molecule is FC(F)(F)c1cccc(N2CCCN3C[C@H](Oc4cnc(C5CC5)cn4)C[C@@H]3C2)n1. The van der Waals surface area contributed by atoms with Crippen LogP contribution >= 0.6 is 0 Å². The molecule has 2 aromatic rings. The summed E-state index contributed by atoms with van der Waals surface area (Å²) in [5.74, 6) is 1.49. The number of halogens is 3. The minimum Gasteiger partial charge on any atom is -0.472 e. The van der Waals surface area contributed by atoms with Crippen LogP contribution in [-0.2, 0) is 6.18 Å². The maximum absolute atomic E-state index is 13.0. The van der Waals surface area contributed by atoms with Crippen LogP contribution in [-0.4, -0.2) is 58.2 Å². The monoisotopic (exact) mass is 419 g/mol. The van der Waals surface area contributed by atoms with Crippen LogP contribution < -0.4 is 9.64 Å². The number of anilines is 1. The number of nitrogens with zero attached hydrogens (tertiary/aromatic N) is 5. The van der Waals surface area contributed by atoms with Crippen LogP contribution in [0.15, 0.2) is 30.6 Å². The molecule has 30 heavy (non-hydrogen) atoms. The fourth-order valence-electron chi connectivity index (χ4n) is 4.41. The summed E-state index contributed by atoms with van der Waals surface area (Å²) >= 11 is 0. The van der Waals surface area contributed by atoms with E-state index in [1.165, 1.54) is 18.9 Å². The Labute approximate surface area is 173 Å². The second-order valence-corrected chi connectivity index (χ2v) is 8.36. The van der Waals surface area contributed by atoms with Gasteiger partial charge in [0.2, 0.25) is 5.88 Å². The van der Waals surface area contributed by atoms with Gasteiger partial charge in [0.05, 0.1) is 18.1 Å². The van der Waals surface area contributed by atoms with Crippen molar-refractivity contribution in [1.82, 2.24) is 19.9 Å². The molecule has 0 amide bonds. The second kappa shape index (κ2) is 7.68. The number of hydrogen-bond acceptors (Lipinski definition) is 6. The van der Waals surface area contributed by atoms with Gasteiger partial charge in [-0.1, -0.05) is 6.07 Å². The normalized spacial score (nSPS) is 25.1. The van der Waals surface area contributed by atoms with Crippen molar-refractivity contribution in [2.45, 2.75) is 49.9 Å². The summed E-state index contributed by atoms with van der Waals surface area (Å²) in [7, 11) is 0. The van der Waals surface area contributed by atoms with E-state index >= 15 is 0 Å². The van der Waals surface area contributed by atoms with Crippen molar-refractivity contribution in [2.24, 2.45) is 0 Å². The molecular weight excluding hydrogens is 395 g/mol. The van der Waals surface area contributed by atoms with Gasteiger partial charge in [-0.05, 0) is 31.4 Å². The van der Waals surface area contributed by atoms with Gasteiger partial charge in [-0.3, -0.25) is 9.88 Å². The average Bonchev–Trinajstić information content (AvgIpc) is 3.53. The molecule has 0 aromatic carbocycles. The van der Waals surface area contributed by atoms with E-state index in [2.05, 4.69) is 19.9 Å². The number of ether oxygens (including phenoxy) is 1. The summed E-state index contributed by atoms with van der Waals surface area (Å²) in [6, 6.07) is 4.32. The molecule has 1 aliphatic carbocycles. The zero-order chi connectivity index (χ0) is 20.7. The van der Waals surface area contributed by atoms with Gasteiger partial charge in [-0.2, -0.15) is 13.2 Å². The lowest BCUT2D eigenvalue weighted by atomic mass is 10.2. The lowest BCUT2D eigenvalue weighted by Crippen LogP contribution is -2.37. The standard InChI is InChI=1S/C21H24F3N5O/c22-21(23,24)18-3-1-4-19(27-18)29-8-2-7-28-13-16(9-15(28)12-29)30-20-11-25-17(10-26-20)14-5-6-14/h1,3-4,10-11,14-16H,2,5-9,12-13H2/t15-,16-/m1/s1. The number of fused-ring (bicyclic) bond motifs is 1. The van der Waals surface area contributed by atoms with E-state index in [-0.39, 0.29) is 12.1 Å². The predicted octanol–water partition coefficient (Wildman–Crippen LogP) is 3.50. The van der Waals surface area contributed by atoms with Crippen LogP contribution in [0.1, 0.15) is 43.0 Å². The van der Waals surface area contributed by atoms with E-state index in [4.69, 9.17) is 4.74 Å². The third kappa shape index (κ3) is 4.21. The Morgan fingerprint density at radius 2 is 1.90 bits per heavy atom. The van der Waals surface area contributed by atoms with Crippen LogP contribution in [0.3, 0.4) is 0 Å². The number of rotatable bonds is 4. The summed E-state index contributed by atoms with van der Waals surface area (Å²) in [5.41, 5.74) is 0.189. The highest BCUT2D eigenvalue weighted by atomic mass is 19.4. The number of aromatic nitrogens is 3. The molecule has 3 fully saturated rings. The molecule has 9 heteroatoms. The van der Waals surface area contributed by atoms with E-state index in [0.717, 1.165) is 37.7 Å². The van der Waals surface area contributed by atoms with Crippen LogP contribution in [0.4, 0.5) is 19.0 Å². The van der Waals surface area contributed by atoms with E-state index in [1.807, 2.05) is 4.90 Å². The summed E-state index contributed by atoms with van der Waals surface area (Å²) in [6.45, 7) is 3.02. The topological polar surface area (TPSA) is 54.4 Å². The molecule has 0 spiro atoms. The number of pyridine rings is 1. The van der Waals surface area contributed by atoms with Crippen molar-refractivity contribution in [2.75, 3.05) is 31.1 Å². The van der Waals surface area contributed by atoms with Gasteiger partial charge in [-0.15, -0.1) is 0 Å². The first-order valence-electron chi connectivity index (χ1n) is 10.5. The molecule has 2 aliphatic heterocycles. The van der Waals surface area contributed by atoms with Gasteiger partial charge in [0.1, 0.15) is 17.6 Å². The van der Waals surface area contributed by atoms with Gasteiger partial charge in [-0.25, -0.2) is 9.97 Å². The Bertz CT molecular complexity index is 887. The maximum Gasteiger partial charge on any atom is 0.433 e. The Balaban J connectivity index is 1.24. The number of alkyl halides is 3. The third-order valence-electron chi connectivity index (χ3n) is 6.07. The van der Waals surface area contributed by atoms with Crippen LogP contribution in [0.5, 0.6) is 5.88 Å². The van der Waals surface area contributed by atoms with Gasteiger partial charge < -0.3 is 9.64 Å². The molecule has 1 saturated carbocycles. The second-order valence-electron chi connectivity index (χ2n) is 8.36. The van der Waals surface area contributed by atoms with Crippen molar-refractivity contribution in [3.8, 4) is 5.88 Å². The van der Waals surface area contributed by atoms with Gasteiger partial charge in [0.25, 0.3) is 0 Å². The predicted molar refractivity (Wildman–Crippen MR) is 104 cm³/mol. The molecular formula is C21H24F3N5O. The van der Waals surface area contributed by atoms with Crippen LogP contribution in [0.25, 0.3) is 0 Å². The molecule has 0 N–H and O–H groups in total. The average molecular weight is 419 g/mol. The summed E-state index contributed by atoms with van der Waals surface area (Å²) in [6.07, 6.45) is 3.13. The molecule has 4 heterocycles. The summed E-state index contributed by atoms with van der Waals surface area (Å²) in [5, 5.41) is 0. The van der Waals surface area contributed by atoms with E-state index in [0.29, 0.717) is 30.7 Å². The zero-order valence-corrected chi connectivity index (χ0v) is 16.6. The van der Waals surface area contributed by atoms with E-state index in [9.17, 15) is 13.2 Å². The molecule has 0 unspecified atom stereocenters. The van der Waals surface area contributed by atoms with Gasteiger partial charge in [0, 0.05) is 44.6 Å². The first-order valence-corrected chi connectivity index (χ1v) is 10.5.